The summed E-state index contributed by atoms with van der Waals surface area (Å²) in [5, 5.41) is 4.95. The van der Waals surface area contributed by atoms with Crippen LogP contribution in [0.25, 0.3) is 10.9 Å². The molecule has 0 bridgehead atoms. The highest BCUT2D eigenvalue weighted by Gasteiger charge is 2.18. The van der Waals surface area contributed by atoms with Crippen molar-refractivity contribution in [3.8, 4) is 0 Å². The first-order valence-corrected chi connectivity index (χ1v) is 6.21. The lowest BCUT2D eigenvalue weighted by Crippen LogP contribution is -2.25. The van der Waals surface area contributed by atoms with E-state index in [0.29, 0.717) is 0 Å². The Morgan fingerprint density at radius 2 is 2.19 bits per heavy atom. The van der Waals surface area contributed by atoms with Crippen molar-refractivity contribution in [2.24, 2.45) is 0 Å². The zero-order chi connectivity index (χ0) is 11.0. The van der Waals surface area contributed by atoms with Crippen LogP contribution in [0.1, 0.15) is 24.6 Å². The van der Waals surface area contributed by atoms with Crippen molar-refractivity contribution in [1.29, 1.82) is 0 Å². The van der Waals surface area contributed by atoms with Crippen LogP contribution in [0.15, 0.2) is 24.3 Å². The summed E-state index contributed by atoms with van der Waals surface area (Å²) >= 11 is 0. The standard InChI is InChI=1S/C14H18N2/c1-2-9-16-13-6-4-3-5-11(13)12-7-8-15-10-14(12)16/h3-6,15H,2,7-10H2,1H3. The number of aromatic nitrogens is 1. The second-order valence-corrected chi connectivity index (χ2v) is 4.52. The number of para-hydroxylation sites is 1. The Morgan fingerprint density at radius 3 is 3.06 bits per heavy atom. The number of aryl methyl sites for hydroxylation is 1. The molecule has 2 heteroatoms. The van der Waals surface area contributed by atoms with Crippen LogP contribution in [0.3, 0.4) is 0 Å². The van der Waals surface area contributed by atoms with E-state index in [4.69, 9.17) is 0 Å². The quantitative estimate of drug-likeness (QED) is 0.813. The van der Waals surface area contributed by atoms with Crippen LogP contribution in [0.5, 0.6) is 0 Å². The van der Waals surface area contributed by atoms with Gasteiger partial charge in [0.2, 0.25) is 0 Å². The molecular formula is C14H18N2. The first-order chi connectivity index (χ1) is 7.92. The third-order valence-corrected chi connectivity index (χ3v) is 3.49. The van der Waals surface area contributed by atoms with Crippen LogP contribution < -0.4 is 5.32 Å². The molecule has 2 aromatic rings. The molecule has 1 aromatic carbocycles. The average molecular weight is 214 g/mol. The summed E-state index contributed by atoms with van der Waals surface area (Å²) in [5.74, 6) is 0. The van der Waals surface area contributed by atoms with E-state index in [9.17, 15) is 0 Å². The Labute approximate surface area is 96.3 Å². The second kappa shape index (κ2) is 3.95. The van der Waals surface area contributed by atoms with Crippen molar-refractivity contribution in [3.63, 3.8) is 0 Å². The van der Waals surface area contributed by atoms with E-state index in [2.05, 4.69) is 41.1 Å². The van der Waals surface area contributed by atoms with E-state index in [1.54, 1.807) is 5.56 Å². The van der Waals surface area contributed by atoms with Gasteiger partial charge in [0.25, 0.3) is 0 Å². The highest BCUT2D eigenvalue weighted by Crippen LogP contribution is 2.28. The Morgan fingerprint density at radius 1 is 1.31 bits per heavy atom. The molecule has 0 amide bonds. The normalized spacial score (nSPS) is 15.3. The van der Waals surface area contributed by atoms with E-state index in [1.807, 2.05) is 0 Å². The second-order valence-electron chi connectivity index (χ2n) is 4.52. The molecule has 3 rings (SSSR count). The molecule has 0 atom stereocenters. The molecule has 0 spiro atoms. The Hall–Kier alpha value is -1.28. The Kier molecular flexibility index (Phi) is 2.44. The van der Waals surface area contributed by atoms with E-state index in [-0.39, 0.29) is 0 Å². The van der Waals surface area contributed by atoms with Crippen LogP contribution in [0.2, 0.25) is 0 Å². The van der Waals surface area contributed by atoms with Gasteiger partial charge in [-0.05, 0) is 31.0 Å². The predicted molar refractivity (Wildman–Crippen MR) is 67.6 cm³/mol. The minimum Gasteiger partial charge on any atom is -0.343 e. The largest absolute Gasteiger partial charge is 0.343 e. The average Bonchev–Trinajstić information content (AvgIpc) is 2.66. The summed E-state index contributed by atoms with van der Waals surface area (Å²) in [7, 11) is 0. The highest BCUT2D eigenvalue weighted by molar-refractivity contribution is 5.85. The fraction of sp³-hybridized carbons (Fsp3) is 0.429. The number of rotatable bonds is 2. The molecule has 1 N–H and O–H groups in total. The molecule has 1 aliphatic heterocycles. The number of benzene rings is 1. The molecule has 0 unspecified atom stereocenters. The zero-order valence-electron chi connectivity index (χ0n) is 9.79. The monoisotopic (exact) mass is 214 g/mol. The SMILES string of the molecule is CCCn1c2c(c3ccccc31)CCNC2. The smallest absolute Gasteiger partial charge is 0.0485 e. The maximum Gasteiger partial charge on any atom is 0.0485 e. The fourth-order valence-corrected chi connectivity index (χ4v) is 2.81. The van der Waals surface area contributed by atoms with Gasteiger partial charge in [-0.15, -0.1) is 0 Å². The van der Waals surface area contributed by atoms with Crippen molar-refractivity contribution in [3.05, 3.63) is 35.5 Å². The van der Waals surface area contributed by atoms with E-state index in [1.165, 1.54) is 29.4 Å². The van der Waals surface area contributed by atoms with Gasteiger partial charge in [0.15, 0.2) is 0 Å². The summed E-state index contributed by atoms with van der Waals surface area (Å²) in [6, 6.07) is 8.82. The van der Waals surface area contributed by atoms with E-state index in [0.717, 1.165) is 19.6 Å². The van der Waals surface area contributed by atoms with Gasteiger partial charge in [-0.1, -0.05) is 25.1 Å². The van der Waals surface area contributed by atoms with Crippen molar-refractivity contribution in [2.75, 3.05) is 6.54 Å². The first kappa shape index (κ1) is 9.91. The first-order valence-electron chi connectivity index (χ1n) is 6.21. The number of hydrogen-bond donors (Lipinski definition) is 1. The van der Waals surface area contributed by atoms with Gasteiger partial charge in [-0.3, -0.25) is 0 Å². The minimum atomic E-state index is 1.03. The summed E-state index contributed by atoms with van der Waals surface area (Å²) in [6.07, 6.45) is 2.37. The number of nitrogens with zero attached hydrogens (tertiary/aromatic N) is 1. The molecule has 16 heavy (non-hydrogen) atoms. The van der Waals surface area contributed by atoms with Crippen molar-refractivity contribution >= 4 is 10.9 Å². The van der Waals surface area contributed by atoms with Crippen molar-refractivity contribution < 1.29 is 0 Å². The van der Waals surface area contributed by atoms with Gasteiger partial charge in [-0.2, -0.15) is 0 Å². The van der Waals surface area contributed by atoms with Gasteiger partial charge in [0.05, 0.1) is 0 Å². The van der Waals surface area contributed by atoms with Crippen molar-refractivity contribution in [2.45, 2.75) is 32.9 Å². The molecule has 0 saturated heterocycles. The lowest BCUT2D eigenvalue weighted by molar-refractivity contribution is 0.580. The summed E-state index contributed by atoms with van der Waals surface area (Å²) in [4.78, 5) is 0. The number of nitrogens with one attached hydrogen (secondary N) is 1. The molecule has 84 valence electrons. The third-order valence-electron chi connectivity index (χ3n) is 3.49. The van der Waals surface area contributed by atoms with E-state index < -0.39 is 0 Å². The summed E-state index contributed by atoms with van der Waals surface area (Å²) in [6.45, 7) is 5.53. The fourth-order valence-electron chi connectivity index (χ4n) is 2.81. The topological polar surface area (TPSA) is 17.0 Å². The summed E-state index contributed by atoms with van der Waals surface area (Å²) < 4.78 is 2.50. The summed E-state index contributed by atoms with van der Waals surface area (Å²) in [5.41, 5.74) is 4.50. The molecule has 1 aromatic heterocycles. The van der Waals surface area contributed by atoms with Gasteiger partial charge in [0, 0.05) is 29.7 Å². The van der Waals surface area contributed by atoms with Crippen LogP contribution >= 0.6 is 0 Å². The number of hydrogen-bond acceptors (Lipinski definition) is 1. The Balaban J connectivity index is 2.28. The molecular weight excluding hydrogens is 196 g/mol. The van der Waals surface area contributed by atoms with Gasteiger partial charge in [0.1, 0.15) is 0 Å². The van der Waals surface area contributed by atoms with Crippen molar-refractivity contribution in [1.82, 2.24) is 9.88 Å². The van der Waals surface area contributed by atoms with Crippen LogP contribution in [0.4, 0.5) is 0 Å². The molecule has 1 aliphatic rings. The molecule has 0 fully saturated rings. The highest BCUT2D eigenvalue weighted by atomic mass is 15.0. The van der Waals surface area contributed by atoms with Gasteiger partial charge < -0.3 is 9.88 Å². The van der Waals surface area contributed by atoms with Crippen LogP contribution in [0, 0.1) is 0 Å². The maximum atomic E-state index is 3.48. The molecule has 2 nitrogen and oxygen atoms in total. The lowest BCUT2D eigenvalue weighted by Gasteiger charge is -2.16. The third kappa shape index (κ3) is 1.37. The van der Waals surface area contributed by atoms with Crippen LogP contribution in [-0.2, 0) is 19.5 Å². The van der Waals surface area contributed by atoms with Gasteiger partial charge >= 0.3 is 0 Å². The molecule has 0 saturated carbocycles. The molecule has 0 aliphatic carbocycles. The zero-order valence-corrected chi connectivity index (χ0v) is 9.79. The van der Waals surface area contributed by atoms with E-state index >= 15 is 0 Å². The van der Waals surface area contributed by atoms with Crippen LogP contribution in [-0.4, -0.2) is 11.1 Å². The number of fused-ring (bicyclic) bond motifs is 3. The predicted octanol–water partition coefficient (Wildman–Crippen LogP) is 2.70. The van der Waals surface area contributed by atoms with Gasteiger partial charge in [-0.25, -0.2) is 0 Å². The maximum absolute atomic E-state index is 3.48. The molecule has 0 radical (unpaired) electrons. The Bertz CT molecular complexity index is 511. The minimum absolute atomic E-state index is 1.03. The lowest BCUT2D eigenvalue weighted by atomic mass is 10.1. The molecule has 2 heterocycles.